The lowest BCUT2D eigenvalue weighted by molar-refractivity contribution is -0.147. The molecule has 3 rings (SSSR count). The summed E-state index contributed by atoms with van der Waals surface area (Å²) in [5.74, 6) is -0.178. The molecule has 0 N–H and O–H groups in total. The number of carbonyl (C=O) groups is 1. The average Bonchev–Trinajstić information content (AvgIpc) is 2.97. The Labute approximate surface area is 129 Å². The number of esters is 1. The summed E-state index contributed by atoms with van der Waals surface area (Å²) >= 11 is 1.81. The topological polar surface area (TPSA) is 29.5 Å². The first-order valence-electron chi connectivity index (χ1n) is 7.13. The maximum absolute atomic E-state index is 12.4. The van der Waals surface area contributed by atoms with Crippen molar-refractivity contribution in [2.24, 2.45) is 0 Å². The van der Waals surface area contributed by atoms with Crippen LogP contribution in [-0.4, -0.2) is 24.5 Å². The van der Waals surface area contributed by atoms with Crippen LogP contribution in [0.3, 0.4) is 0 Å². The van der Waals surface area contributed by atoms with Gasteiger partial charge in [-0.3, -0.25) is 4.90 Å². The Morgan fingerprint density at radius 1 is 1.33 bits per heavy atom. The molecule has 1 aliphatic heterocycles. The van der Waals surface area contributed by atoms with Crippen molar-refractivity contribution in [3.63, 3.8) is 0 Å². The number of hydrogen-bond acceptors (Lipinski definition) is 4. The molecule has 1 aliphatic rings. The first-order valence-corrected chi connectivity index (χ1v) is 8.01. The standard InChI is InChI=1S/C17H19NO2S/c1-12-5-3-4-6-14(12)16(17(19)20-2)18-9-7-15-13(11-18)8-10-21-15/h3-6,8,10,16H,7,9,11H2,1-2H3. The molecule has 2 heterocycles. The van der Waals surface area contributed by atoms with E-state index < -0.39 is 0 Å². The van der Waals surface area contributed by atoms with Gasteiger partial charge in [0.2, 0.25) is 0 Å². The molecule has 1 aromatic heterocycles. The molecule has 0 bridgehead atoms. The average molecular weight is 301 g/mol. The molecule has 0 fully saturated rings. The summed E-state index contributed by atoms with van der Waals surface area (Å²) in [5.41, 5.74) is 3.51. The second-order valence-electron chi connectivity index (χ2n) is 5.37. The summed E-state index contributed by atoms with van der Waals surface area (Å²) in [6.07, 6.45) is 1.01. The molecule has 0 aliphatic carbocycles. The van der Waals surface area contributed by atoms with Crippen molar-refractivity contribution in [2.45, 2.75) is 25.9 Å². The predicted molar refractivity (Wildman–Crippen MR) is 84.4 cm³/mol. The van der Waals surface area contributed by atoms with Crippen LogP contribution in [0.5, 0.6) is 0 Å². The molecule has 4 heteroatoms. The number of aryl methyl sites for hydroxylation is 1. The Hall–Kier alpha value is -1.65. The van der Waals surface area contributed by atoms with Gasteiger partial charge in [0.05, 0.1) is 7.11 Å². The van der Waals surface area contributed by atoms with Crippen LogP contribution in [-0.2, 0) is 22.5 Å². The molecular weight excluding hydrogens is 282 g/mol. The molecule has 0 amide bonds. The van der Waals surface area contributed by atoms with Crippen molar-refractivity contribution in [3.8, 4) is 0 Å². The summed E-state index contributed by atoms with van der Waals surface area (Å²) < 4.78 is 5.07. The van der Waals surface area contributed by atoms with E-state index in [1.807, 2.05) is 42.5 Å². The van der Waals surface area contributed by atoms with Crippen molar-refractivity contribution >= 4 is 17.3 Å². The minimum atomic E-state index is -0.316. The molecule has 0 saturated heterocycles. The number of thiophene rings is 1. The van der Waals surface area contributed by atoms with Gasteiger partial charge in [-0.05, 0) is 41.5 Å². The van der Waals surface area contributed by atoms with E-state index >= 15 is 0 Å². The van der Waals surface area contributed by atoms with E-state index in [0.29, 0.717) is 0 Å². The third kappa shape index (κ3) is 2.74. The molecule has 3 nitrogen and oxygen atoms in total. The minimum Gasteiger partial charge on any atom is -0.468 e. The van der Waals surface area contributed by atoms with Crippen LogP contribution in [0.2, 0.25) is 0 Å². The number of ether oxygens (including phenoxy) is 1. The van der Waals surface area contributed by atoms with E-state index in [9.17, 15) is 4.79 Å². The largest absolute Gasteiger partial charge is 0.468 e. The van der Waals surface area contributed by atoms with Crippen LogP contribution in [0, 0.1) is 6.92 Å². The number of carbonyl (C=O) groups excluding carboxylic acids is 1. The first kappa shape index (κ1) is 14.3. The zero-order chi connectivity index (χ0) is 14.8. The number of methoxy groups -OCH3 is 1. The second kappa shape index (κ2) is 6.00. The van der Waals surface area contributed by atoms with E-state index in [0.717, 1.165) is 30.6 Å². The molecule has 110 valence electrons. The van der Waals surface area contributed by atoms with Gasteiger partial charge in [0.1, 0.15) is 6.04 Å². The third-order valence-corrected chi connectivity index (χ3v) is 5.13. The Bertz CT molecular complexity index is 650. The Balaban J connectivity index is 1.94. The maximum Gasteiger partial charge on any atom is 0.327 e. The van der Waals surface area contributed by atoms with Crippen molar-refractivity contribution < 1.29 is 9.53 Å². The van der Waals surface area contributed by atoms with Crippen molar-refractivity contribution in [1.82, 2.24) is 4.90 Å². The molecule has 0 radical (unpaired) electrons. The highest BCUT2D eigenvalue weighted by molar-refractivity contribution is 7.10. The SMILES string of the molecule is COC(=O)C(c1ccccc1C)N1CCc2sccc2C1. The van der Waals surface area contributed by atoms with Gasteiger partial charge in [0.15, 0.2) is 0 Å². The summed E-state index contributed by atoms with van der Waals surface area (Å²) in [7, 11) is 1.47. The Kier molecular flexibility index (Phi) is 4.08. The van der Waals surface area contributed by atoms with Gasteiger partial charge in [-0.15, -0.1) is 11.3 Å². The van der Waals surface area contributed by atoms with Crippen LogP contribution in [0.1, 0.15) is 27.6 Å². The lowest BCUT2D eigenvalue weighted by Crippen LogP contribution is -2.38. The zero-order valence-electron chi connectivity index (χ0n) is 12.3. The van der Waals surface area contributed by atoms with Crippen LogP contribution in [0.15, 0.2) is 35.7 Å². The van der Waals surface area contributed by atoms with Gasteiger partial charge in [0.25, 0.3) is 0 Å². The van der Waals surface area contributed by atoms with Crippen LogP contribution < -0.4 is 0 Å². The van der Waals surface area contributed by atoms with Crippen LogP contribution in [0.25, 0.3) is 0 Å². The number of nitrogens with zero attached hydrogens (tertiary/aromatic N) is 1. The highest BCUT2D eigenvalue weighted by Crippen LogP contribution is 2.32. The Morgan fingerprint density at radius 3 is 2.90 bits per heavy atom. The van der Waals surface area contributed by atoms with Crippen LogP contribution >= 0.6 is 11.3 Å². The smallest absolute Gasteiger partial charge is 0.327 e. The lowest BCUT2D eigenvalue weighted by atomic mass is 9.97. The van der Waals surface area contributed by atoms with Gasteiger partial charge < -0.3 is 4.74 Å². The third-order valence-electron chi connectivity index (χ3n) is 4.11. The number of rotatable bonds is 3. The number of benzene rings is 1. The predicted octanol–water partition coefficient (Wildman–Crippen LogP) is 3.33. The molecule has 2 aromatic rings. The Morgan fingerprint density at radius 2 is 2.14 bits per heavy atom. The fourth-order valence-corrected chi connectivity index (χ4v) is 3.86. The van der Waals surface area contributed by atoms with E-state index in [1.54, 1.807) is 0 Å². The quantitative estimate of drug-likeness (QED) is 0.814. The van der Waals surface area contributed by atoms with E-state index in [-0.39, 0.29) is 12.0 Å². The normalized spacial score (nSPS) is 16.3. The highest BCUT2D eigenvalue weighted by atomic mass is 32.1. The molecule has 0 saturated carbocycles. The van der Waals surface area contributed by atoms with Gasteiger partial charge in [-0.1, -0.05) is 24.3 Å². The van der Waals surface area contributed by atoms with Gasteiger partial charge in [-0.2, -0.15) is 0 Å². The summed E-state index contributed by atoms with van der Waals surface area (Å²) in [6, 6.07) is 9.91. The monoisotopic (exact) mass is 301 g/mol. The van der Waals surface area contributed by atoms with Crippen molar-refractivity contribution in [2.75, 3.05) is 13.7 Å². The molecule has 0 spiro atoms. The fraction of sp³-hybridized carbons (Fsp3) is 0.353. The van der Waals surface area contributed by atoms with Gasteiger partial charge in [0, 0.05) is 18.0 Å². The van der Waals surface area contributed by atoms with Gasteiger partial charge >= 0.3 is 5.97 Å². The second-order valence-corrected chi connectivity index (χ2v) is 6.37. The first-order chi connectivity index (χ1) is 10.2. The molecular formula is C17H19NO2S. The minimum absolute atomic E-state index is 0.178. The maximum atomic E-state index is 12.4. The van der Waals surface area contributed by atoms with Gasteiger partial charge in [-0.25, -0.2) is 4.79 Å². The molecule has 1 atom stereocenters. The van der Waals surface area contributed by atoms with Crippen LogP contribution in [0.4, 0.5) is 0 Å². The molecule has 1 unspecified atom stereocenters. The zero-order valence-corrected chi connectivity index (χ0v) is 13.2. The fourth-order valence-electron chi connectivity index (χ4n) is 2.97. The van der Waals surface area contributed by atoms with Crippen molar-refractivity contribution in [1.29, 1.82) is 0 Å². The van der Waals surface area contributed by atoms with E-state index in [1.165, 1.54) is 17.6 Å². The molecule has 21 heavy (non-hydrogen) atoms. The van der Waals surface area contributed by atoms with E-state index in [4.69, 9.17) is 4.74 Å². The summed E-state index contributed by atoms with van der Waals surface area (Å²) in [4.78, 5) is 16.0. The highest BCUT2D eigenvalue weighted by Gasteiger charge is 2.32. The summed E-state index contributed by atoms with van der Waals surface area (Å²) in [5, 5.41) is 2.13. The summed E-state index contributed by atoms with van der Waals surface area (Å²) in [6.45, 7) is 3.75. The lowest BCUT2D eigenvalue weighted by Gasteiger charge is -2.33. The number of hydrogen-bond donors (Lipinski definition) is 0. The van der Waals surface area contributed by atoms with E-state index in [2.05, 4.69) is 16.3 Å². The molecule has 1 aromatic carbocycles. The van der Waals surface area contributed by atoms with Crippen molar-refractivity contribution in [3.05, 3.63) is 57.3 Å². The number of fused-ring (bicyclic) bond motifs is 1.